The van der Waals surface area contributed by atoms with E-state index in [2.05, 4.69) is 69.0 Å². The first-order valence-corrected chi connectivity index (χ1v) is 10.4. The molecule has 6 nitrogen and oxygen atoms in total. The summed E-state index contributed by atoms with van der Waals surface area (Å²) in [5.41, 5.74) is 4.53. The smallest absolute Gasteiger partial charge is 0.157 e. The summed E-state index contributed by atoms with van der Waals surface area (Å²) in [6.45, 7) is 8.35. The van der Waals surface area contributed by atoms with Crippen molar-refractivity contribution in [2.24, 2.45) is 0 Å². The number of rotatable bonds is 4. The van der Waals surface area contributed by atoms with Crippen LogP contribution in [-0.4, -0.2) is 52.2 Å². The molecule has 2 fully saturated rings. The van der Waals surface area contributed by atoms with Gasteiger partial charge in [0.25, 0.3) is 0 Å². The minimum Gasteiger partial charge on any atom is -0.354 e. The third-order valence-corrected chi connectivity index (χ3v) is 5.92. The quantitative estimate of drug-likeness (QED) is 0.759. The van der Waals surface area contributed by atoms with E-state index >= 15 is 0 Å². The maximum Gasteiger partial charge on any atom is 0.157 e. The van der Waals surface area contributed by atoms with Crippen LogP contribution in [0.4, 0.5) is 5.82 Å². The third-order valence-electron chi connectivity index (χ3n) is 5.92. The van der Waals surface area contributed by atoms with E-state index in [1.54, 1.807) is 0 Å². The third kappa shape index (κ3) is 3.50. The van der Waals surface area contributed by atoms with Crippen LogP contribution in [0, 0.1) is 6.92 Å². The van der Waals surface area contributed by atoms with Gasteiger partial charge in [-0.1, -0.05) is 30.3 Å². The second-order valence-corrected chi connectivity index (χ2v) is 7.99. The molecule has 3 aromatic rings. The summed E-state index contributed by atoms with van der Waals surface area (Å²) in [5.74, 6) is 1.17. The molecule has 28 heavy (non-hydrogen) atoms. The van der Waals surface area contributed by atoms with E-state index in [4.69, 9.17) is 10.1 Å². The molecule has 4 heterocycles. The first-order chi connectivity index (χ1) is 13.8. The molecule has 0 saturated carbocycles. The summed E-state index contributed by atoms with van der Waals surface area (Å²) < 4.78 is 2.05. The fraction of sp³-hybridized carbons (Fsp3) is 0.455. The van der Waals surface area contributed by atoms with Gasteiger partial charge in [0.05, 0.1) is 11.7 Å². The average molecular weight is 377 g/mol. The highest BCUT2D eigenvalue weighted by atomic mass is 15.4. The van der Waals surface area contributed by atoms with Gasteiger partial charge in [0.2, 0.25) is 0 Å². The van der Waals surface area contributed by atoms with Crippen molar-refractivity contribution in [3.05, 3.63) is 59.4 Å². The van der Waals surface area contributed by atoms with Crippen molar-refractivity contribution in [2.45, 2.75) is 32.4 Å². The number of aryl methyl sites for hydroxylation is 1. The topological polar surface area (TPSA) is 48.7 Å². The fourth-order valence-electron chi connectivity index (χ4n) is 4.41. The van der Waals surface area contributed by atoms with Crippen LogP contribution in [0.25, 0.3) is 5.65 Å². The average Bonchev–Trinajstić information content (AvgIpc) is 3.38. The lowest BCUT2D eigenvalue weighted by atomic mass is 10.2. The number of benzene rings is 1. The van der Waals surface area contributed by atoms with Crippen molar-refractivity contribution >= 4 is 11.5 Å². The summed E-state index contributed by atoms with van der Waals surface area (Å²) in [7, 11) is 0. The standard InChI is InChI=1S/C22H28N6/c1-17-14-22(28-21(24-17)15-20(25-28)19-8-5-9-23-19)27-12-10-26(11-13-27)16-18-6-3-2-4-7-18/h2-4,6-7,14-15,19,23H,5,8-13,16H2,1H3. The van der Waals surface area contributed by atoms with E-state index in [0.717, 1.165) is 62.7 Å². The first kappa shape index (κ1) is 17.6. The number of anilines is 1. The zero-order valence-electron chi connectivity index (χ0n) is 16.5. The van der Waals surface area contributed by atoms with Crippen LogP contribution >= 0.6 is 0 Å². The van der Waals surface area contributed by atoms with Crippen LogP contribution in [0.1, 0.15) is 35.8 Å². The number of aromatic nitrogens is 3. The van der Waals surface area contributed by atoms with E-state index in [9.17, 15) is 0 Å². The van der Waals surface area contributed by atoms with Crippen LogP contribution in [0.5, 0.6) is 0 Å². The zero-order valence-corrected chi connectivity index (χ0v) is 16.5. The minimum atomic E-state index is 0.373. The summed E-state index contributed by atoms with van der Waals surface area (Å²) in [5, 5.41) is 8.49. The molecule has 1 N–H and O–H groups in total. The van der Waals surface area contributed by atoms with E-state index < -0.39 is 0 Å². The zero-order chi connectivity index (χ0) is 18.9. The predicted octanol–water partition coefficient (Wildman–Crippen LogP) is 2.78. The summed E-state index contributed by atoms with van der Waals surface area (Å²) in [6.07, 6.45) is 2.39. The predicted molar refractivity (Wildman–Crippen MR) is 112 cm³/mol. The molecule has 1 unspecified atom stereocenters. The van der Waals surface area contributed by atoms with Gasteiger partial charge in [-0.15, -0.1) is 0 Å². The van der Waals surface area contributed by atoms with Crippen LogP contribution in [0.2, 0.25) is 0 Å². The van der Waals surface area contributed by atoms with Gasteiger partial charge in [0.15, 0.2) is 5.65 Å². The molecule has 0 aliphatic carbocycles. The Morgan fingerprint density at radius 2 is 1.89 bits per heavy atom. The molecule has 2 aliphatic heterocycles. The van der Waals surface area contributed by atoms with Gasteiger partial charge in [-0.25, -0.2) is 4.98 Å². The molecule has 1 atom stereocenters. The highest BCUT2D eigenvalue weighted by molar-refractivity contribution is 5.52. The van der Waals surface area contributed by atoms with E-state index in [0.29, 0.717) is 6.04 Å². The molecule has 0 radical (unpaired) electrons. The number of fused-ring (bicyclic) bond motifs is 1. The lowest BCUT2D eigenvalue weighted by molar-refractivity contribution is 0.249. The minimum absolute atomic E-state index is 0.373. The second kappa shape index (κ2) is 7.53. The molecule has 0 spiro atoms. The maximum atomic E-state index is 4.93. The Balaban J connectivity index is 1.34. The number of piperazine rings is 1. The Morgan fingerprint density at radius 1 is 1.07 bits per heavy atom. The molecule has 0 amide bonds. The normalized spacial score (nSPS) is 20.9. The Morgan fingerprint density at radius 3 is 2.64 bits per heavy atom. The molecule has 2 aromatic heterocycles. The molecule has 5 rings (SSSR count). The van der Waals surface area contributed by atoms with E-state index in [1.165, 1.54) is 17.8 Å². The largest absolute Gasteiger partial charge is 0.354 e. The molecule has 146 valence electrons. The number of hydrogen-bond acceptors (Lipinski definition) is 5. The molecule has 6 heteroatoms. The Kier molecular flexibility index (Phi) is 4.74. The highest BCUT2D eigenvalue weighted by Crippen LogP contribution is 2.26. The highest BCUT2D eigenvalue weighted by Gasteiger charge is 2.23. The van der Waals surface area contributed by atoms with E-state index in [-0.39, 0.29) is 0 Å². The molecule has 2 aliphatic rings. The van der Waals surface area contributed by atoms with Crippen LogP contribution < -0.4 is 10.2 Å². The van der Waals surface area contributed by atoms with Gasteiger partial charge in [-0.2, -0.15) is 9.61 Å². The monoisotopic (exact) mass is 376 g/mol. The summed E-state index contributed by atoms with van der Waals surface area (Å²) >= 11 is 0. The molecule has 2 saturated heterocycles. The van der Waals surface area contributed by atoms with Crippen LogP contribution in [-0.2, 0) is 6.54 Å². The maximum absolute atomic E-state index is 4.93. The van der Waals surface area contributed by atoms with Gasteiger partial charge in [0.1, 0.15) is 5.82 Å². The van der Waals surface area contributed by atoms with Crippen molar-refractivity contribution in [1.82, 2.24) is 24.8 Å². The van der Waals surface area contributed by atoms with Crippen LogP contribution in [0.3, 0.4) is 0 Å². The fourth-order valence-corrected chi connectivity index (χ4v) is 4.41. The molecular formula is C22H28N6. The van der Waals surface area contributed by atoms with Crippen molar-refractivity contribution in [1.29, 1.82) is 0 Å². The van der Waals surface area contributed by atoms with Crippen molar-refractivity contribution in [3.8, 4) is 0 Å². The lowest BCUT2D eigenvalue weighted by Crippen LogP contribution is -2.46. The molecular weight excluding hydrogens is 348 g/mol. The Labute approximate surface area is 166 Å². The molecule has 1 aromatic carbocycles. The summed E-state index contributed by atoms with van der Waals surface area (Å²) in [4.78, 5) is 9.73. The Bertz CT molecular complexity index is 936. The summed E-state index contributed by atoms with van der Waals surface area (Å²) in [6, 6.07) is 15.5. The van der Waals surface area contributed by atoms with Gasteiger partial charge in [-0.05, 0) is 31.9 Å². The van der Waals surface area contributed by atoms with E-state index in [1.807, 2.05) is 0 Å². The van der Waals surface area contributed by atoms with Crippen molar-refractivity contribution in [2.75, 3.05) is 37.6 Å². The van der Waals surface area contributed by atoms with Gasteiger partial charge >= 0.3 is 0 Å². The second-order valence-electron chi connectivity index (χ2n) is 7.99. The van der Waals surface area contributed by atoms with Gasteiger partial charge < -0.3 is 10.2 Å². The molecule has 0 bridgehead atoms. The van der Waals surface area contributed by atoms with Gasteiger partial charge in [0, 0.05) is 50.6 Å². The van der Waals surface area contributed by atoms with Gasteiger partial charge in [-0.3, -0.25) is 4.90 Å². The Hall–Kier alpha value is -2.44. The lowest BCUT2D eigenvalue weighted by Gasteiger charge is -2.36. The van der Waals surface area contributed by atoms with Crippen molar-refractivity contribution < 1.29 is 0 Å². The SMILES string of the molecule is Cc1cc(N2CCN(Cc3ccccc3)CC2)n2nc(C3CCCN3)cc2n1. The number of hydrogen-bond donors (Lipinski definition) is 1. The first-order valence-electron chi connectivity index (χ1n) is 10.4. The number of nitrogens with one attached hydrogen (secondary N) is 1. The van der Waals surface area contributed by atoms with Crippen LogP contribution in [0.15, 0.2) is 42.5 Å². The van der Waals surface area contributed by atoms with Crippen molar-refractivity contribution in [3.63, 3.8) is 0 Å². The number of nitrogens with zero attached hydrogens (tertiary/aromatic N) is 5.